The number of rotatable bonds is 6. The maximum absolute atomic E-state index is 13.0. The van der Waals surface area contributed by atoms with Crippen LogP contribution in [-0.2, 0) is 37.3 Å². The third-order valence-electron chi connectivity index (χ3n) is 5.23. The zero-order valence-electron chi connectivity index (χ0n) is 17.5. The fourth-order valence-corrected chi connectivity index (χ4v) is 3.62. The number of carbonyl (C=O) groups excluding carboxylic acids is 1. The second kappa shape index (κ2) is 8.53. The molecule has 0 saturated heterocycles. The SMILES string of the molecule is Cn1cc(C(F)(F)F)cc(CC(=O)Cc2ccc(Cc3nc4c(=O)[nH]ccc4[nH]3)cc2)c1=O. The lowest BCUT2D eigenvalue weighted by molar-refractivity contribution is -0.138. The van der Waals surface area contributed by atoms with Gasteiger partial charge in [0.05, 0.1) is 11.1 Å². The largest absolute Gasteiger partial charge is 0.417 e. The molecule has 0 radical (unpaired) electrons. The van der Waals surface area contributed by atoms with Crippen molar-refractivity contribution in [1.29, 1.82) is 0 Å². The quantitative estimate of drug-likeness (QED) is 0.466. The highest BCUT2D eigenvalue weighted by atomic mass is 19.4. The van der Waals surface area contributed by atoms with Gasteiger partial charge in [0.25, 0.3) is 11.1 Å². The molecule has 0 spiro atoms. The molecule has 0 bridgehead atoms. The van der Waals surface area contributed by atoms with Crippen LogP contribution in [0, 0.1) is 0 Å². The number of hydrogen-bond acceptors (Lipinski definition) is 4. The Labute approximate surface area is 184 Å². The molecule has 10 heteroatoms. The topological polar surface area (TPSA) is 101 Å². The van der Waals surface area contributed by atoms with E-state index in [1.807, 2.05) is 12.1 Å². The number of halogens is 3. The van der Waals surface area contributed by atoms with Crippen LogP contribution < -0.4 is 11.1 Å². The second-order valence-electron chi connectivity index (χ2n) is 7.81. The molecule has 0 aliphatic heterocycles. The molecule has 7 nitrogen and oxygen atoms in total. The van der Waals surface area contributed by atoms with E-state index in [2.05, 4.69) is 15.0 Å². The van der Waals surface area contributed by atoms with Gasteiger partial charge in [0.15, 0.2) is 5.52 Å². The molecule has 2 N–H and O–H groups in total. The zero-order chi connectivity index (χ0) is 23.8. The number of nitrogens with one attached hydrogen (secondary N) is 2. The summed E-state index contributed by atoms with van der Waals surface area (Å²) in [6.45, 7) is 0. The molecule has 0 saturated carbocycles. The van der Waals surface area contributed by atoms with Crippen LogP contribution >= 0.6 is 0 Å². The number of imidazole rings is 1. The first-order valence-corrected chi connectivity index (χ1v) is 10.0. The van der Waals surface area contributed by atoms with E-state index >= 15 is 0 Å². The summed E-state index contributed by atoms with van der Waals surface area (Å²) in [7, 11) is 1.22. The number of aromatic nitrogens is 4. The summed E-state index contributed by atoms with van der Waals surface area (Å²) in [6, 6.07) is 9.56. The number of aryl methyl sites for hydroxylation is 1. The number of Topliss-reactive ketones (excluding diaryl/α,β-unsaturated/α-hetero) is 1. The van der Waals surface area contributed by atoms with E-state index in [0.29, 0.717) is 35.0 Å². The Kier molecular flexibility index (Phi) is 5.75. The van der Waals surface area contributed by atoms with Crippen LogP contribution in [-0.4, -0.2) is 25.3 Å². The molecule has 0 aliphatic carbocycles. The van der Waals surface area contributed by atoms with Crippen LogP contribution in [0.15, 0.2) is 58.4 Å². The summed E-state index contributed by atoms with van der Waals surface area (Å²) in [5, 5.41) is 0. The van der Waals surface area contributed by atoms with E-state index in [1.54, 1.807) is 18.2 Å². The minimum Gasteiger partial charge on any atom is -0.341 e. The van der Waals surface area contributed by atoms with Crippen molar-refractivity contribution < 1.29 is 18.0 Å². The van der Waals surface area contributed by atoms with Gasteiger partial charge in [-0.05, 0) is 23.3 Å². The molecule has 0 unspecified atom stereocenters. The molecule has 3 aromatic heterocycles. The molecule has 170 valence electrons. The Hall–Kier alpha value is -3.95. The van der Waals surface area contributed by atoms with Gasteiger partial charge in [0.1, 0.15) is 11.6 Å². The fourth-order valence-electron chi connectivity index (χ4n) is 3.62. The van der Waals surface area contributed by atoms with E-state index < -0.39 is 17.3 Å². The third-order valence-corrected chi connectivity index (χ3v) is 5.23. The van der Waals surface area contributed by atoms with Crippen LogP contribution in [0.1, 0.15) is 28.1 Å². The number of nitrogens with zero attached hydrogens (tertiary/aromatic N) is 2. The maximum atomic E-state index is 13.0. The third kappa shape index (κ3) is 4.94. The normalized spacial score (nSPS) is 11.8. The number of ketones is 1. The van der Waals surface area contributed by atoms with Gasteiger partial charge in [-0.1, -0.05) is 24.3 Å². The predicted octanol–water partition coefficient (Wildman–Crippen LogP) is 2.91. The van der Waals surface area contributed by atoms with Crippen LogP contribution in [0.5, 0.6) is 0 Å². The molecule has 4 aromatic rings. The first-order valence-electron chi connectivity index (χ1n) is 10.0. The Bertz CT molecular complexity index is 1450. The Morgan fingerprint density at radius 1 is 1.06 bits per heavy atom. The van der Waals surface area contributed by atoms with Crippen molar-refractivity contribution in [3.05, 3.63) is 97.6 Å². The lowest BCUT2D eigenvalue weighted by atomic mass is 10.0. The van der Waals surface area contributed by atoms with E-state index in [1.165, 1.54) is 13.2 Å². The molecule has 33 heavy (non-hydrogen) atoms. The summed E-state index contributed by atoms with van der Waals surface area (Å²) >= 11 is 0. The van der Waals surface area contributed by atoms with Crippen LogP contribution in [0.3, 0.4) is 0 Å². The van der Waals surface area contributed by atoms with E-state index in [-0.39, 0.29) is 29.7 Å². The van der Waals surface area contributed by atoms with Gasteiger partial charge in [-0.25, -0.2) is 4.98 Å². The molecule has 0 aliphatic rings. The van der Waals surface area contributed by atoms with E-state index in [0.717, 1.165) is 16.2 Å². The van der Waals surface area contributed by atoms with Crippen molar-refractivity contribution in [2.75, 3.05) is 0 Å². The lowest BCUT2D eigenvalue weighted by Crippen LogP contribution is -2.25. The predicted molar refractivity (Wildman–Crippen MR) is 115 cm³/mol. The Morgan fingerprint density at radius 3 is 2.42 bits per heavy atom. The highest BCUT2D eigenvalue weighted by molar-refractivity contribution is 5.83. The van der Waals surface area contributed by atoms with Gasteiger partial charge in [-0.3, -0.25) is 14.4 Å². The molecule has 4 rings (SSSR count). The second-order valence-corrected chi connectivity index (χ2v) is 7.81. The lowest BCUT2D eigenvalue weighted by Gasteiger charge is -2.11. The molecule has 3 heterocycles. The molecule has 1 aromatic carbocycles. The average Bonchev–Trinajstić information content (AvgIpc) is 3.16. The summed E-state index contributed by atoms with van der Waals surface area (Å²) < 4.78 is 39.9. The highest BCUT2D eigenvalue weighted by Gasteiger charge is 2.32. The average molecular weight is 456 g/mol. The van der Waals surface area contributed by atoms with Gasteiger partial charge < -0.3 is 14.5 Å². The summed E-state index contributed by atoms with van der Waals surface area (Å²) in [5.41, 5.74) is 0.475. The number of alkyl halides is 3. The van der Waals surface area contributed by atoms with Crippen molar-refractivity contribution in [1.82, 2.24) is 19.5 Å². The first kappa shape index (κ1) is 22.3. The molecule has 0 atom stereocenters. The van der Waals surface area contributed by atoms with Crippen molar-refractivity contribution >= 4 is 16.8 Å². The van der Waals surface area contributed by atoms with Crippen molar-refractivity contribution in [3.63, 3.8) is 0 Å². The van der Waals surface area contributed by atoms with Crippen molar-refractivity contribution in [2.45, 2.75) is 25.4 Å². The van der Waals surface area contributed by atoms with Crippen molar-refractivity contribution in [2.24, 2.45) is 7.05 Å². The first-order chi connectivity index (χ1) is 15.6. The maximum Gasteiger partial charge on any atom is 0.417 e. The van der Waals surface area contributed by atoms with E-state index in [4.69, 9.17) is 0 Å². The van der Waals surface area contributed by atoms with Gasteiger partial charge >= 0.3 is 6.18 Å². The van der Waals surface area contributed by atoms with Crippen molar-refractivity contribution in [3.8, 4) is 0 Å². The highest BCUT2D eigenvalue weighted by Crippen LogP contribution is 2.28. The van der Waals surface area contributed by atoms with Gasteiger partial charge in [0, 0.05) is 44.3 Å². The Balaban J connectivity index is 1.44. The zero-order valence-corrected chi connectivity index (χ0v) is 17.5. The minimum absolute atomic E-state index is 0.0142. The molecular formula is C23H19F3N4O3. The smallest absolute Gasteiger partial charge is 0.341 e. The number of fused-ring (bicyclic) bond motifs is 1. The van der Waals surface area contributed by atoms with Gasteiger partial charge in [0.2, 0.25) is 0 Å². The Morgan fingerprint density at radius 2 is 1.76 bits per heavy atom. The molecule has 0 fully saturated rings. The van der Waals surface area contributed by atoms with Crippen LogP contribution in [0.25, 0.3) is 11.0 Å². The van der Waals surface area contributed by atoms with Gasteiger partial charge in [-0.15, -0.1) is 0 Å². The monoisotopic (exact) mass is 456 g/mol. The summed E-state index contributed by atoms with van der Waals surface area (Å²) in [4.78, 5) is 46.3. The number of benzene rings is 1. The standard InChI is InChI=1S/C23H19F3N4O3/c1-30-12-16(23(24,25)26)10-15(22(30)33)11-17(31)8-13-2-4-14(5-3-13)9-19-28-18-6-7-27-21(32)20(18)29-19/h2-7,10,12H,8-9,11H2,1H3,(H,27,32)(H,28,29). The number of hydrogen-bond donors (Lipinski definition) is 2. The van der Waals surface area contributed by atoms with Crippen LogP contribution in [0.4, 0.5) is 13.2 Å². The number of H-pyrrole nitrogens is 2. The van der Waals surface area contributed by atoms with E-state index in [9.17, 15) is 27.6 Å². The van der Waals surface area contributed by atoms with Crippen LogP contribution in [0.2, 0.25) is 0 Å². The summed E-state index contributed by atoms with van der Waals surface area (Å²) in [5.74, 6) is 0.251. The van der Waals surface area contributed by atoms with Gasteiger partial charge in [-0.2, -0.15) is 13.2 Å². The number of carbonyl (C=O) groups is 1. The molecular weight excluding hydrogens is 437 g/mol. The number of pyridine rings is 2. The summed E-state index contributed by atoms with van der Waals surface area (Å²) in [6.07, 6.45) is -2.30. The molecule has 0 amide bonds. The fraction of sp³-hybridized carbons (Fsp3) is 0.217. The minimum atomic E-state index is -4.60. The number of aromatic amines is 2.